The van der Waals surface area contributed by atoms with Crippen molar-refractivity contribution in [3.8, 4) is 11.3 Å². The molecule has 9 heteroatoms. The smallest absolute Gasteiger partial charge is 0.361 e. The fourth-order valence-electron chi connectivity index (χ4n) is 4.08. The average Bonchev–Trinajstić information content (AvgIpc) is 3.43. The first-order valence-electron chi connectivity index (χ1n) is 11.4. The third-order valence-corrected chi connectivity index (χ3v) is 6.21. The van der Waals surface area contributed by atoms with E-state index in [1.807, 2.05) is 37.2 Å². The molecule has 5 rings (SSSR count). The molecule has 1 unspecified atom stereocenters. The molecule has 0 bridgehead atoms. The first kappa shape index (κ1) is 22.8. The molecule has 8 nitrogen and oxygen atoms in total. The van der Waals surface area contributed by atoms with Crippen molar-refractivity contribution in [3.63, 3.8) is 0 Å². The molecule has 2 heterocycles. The van der Waals surface area contributed by atoms with E-state index in [-0.39, 0.29) is 17.3 Å². The zero-order valence-electron chi connectivity index (χ0n) is 19.5. The van der Waals surface area contributed by atoms with Gasteiger partial charge in [0.2, 0.25) is 11.8 Å². The number of esters is 1. The van der Waals surface area contributed by atoms with Gasteiger partial charge in [-0.1, -0.05) is 12.1 Å². The highest BCUT2D eigenvalue weighted by Crippen LogP contribution is 2.39. The van der Waals surface area contributed by atoms with Crippen LogP contribution in [0.4, 0.5) is 10.1 Å². The Balaban J connectivity index is 1.57. The summed E-state index contributed by atoms with van der Waals surface area (Å²) in [6.07, 6.45) is 6.55. The second-order valence-corrected chi connectivity index (χ2v) is 9.06. The van der Waals surface area contributed by atoms with Crippen molar-refractivity contribution < 1.29 is 23.1 Å². The number of aliphatic imine (C=N–C) groups is 1. The number of rotatable bonds is 8. The summed E-state index contributed by atoms with van der Waals surface area (Å²) in [5, 5.41) is 0. The van der Waals surface area contributed by atoms with Gasteiger partial charge in [0.15, 0.2) is 11.5 Å². The van der Waals surface area contributed by atoms with Crippen LogP contribution in [-0.2, 0) is 9.53 Å². The lowest BCUT2D eigenvalue weighted by molar-refractivity contribution is -0.119. The SMILES string of the molecule is CN(C)c1cccc(-c2oc(C(C(N)=O)C3=CN=C4CC=C(F)C=C34)nc2C(=O)OCC2CC2)c1. The van der Waals surface area contributed by atoms with Gasteiger partial charge in [0.1, 0.15) is 11.7 Å². The maximum atomic E-state index is 14.0. The van der Waals surface area contributed by atoms with Crippen molar-refractivity contribution in [2.24, 2.45) is 16.6 Å². The number of aromatic nitrogens is 1. The zero-order valence-corrected chi connectivity index (χ0v) is 19.5. The van der Waals surface area contributed by atoms with Crippen molar-refractivity contribution in [2.75, 3.05) is 25.6 Å². The molecule has 0 saturated heterocycles. The number of nitrogens with two attached hydrogens (primary N) is 1. The standard InChI is InChI=1S/C26H25FN4O4/c1-31(2)17-5-3-4-15(10-17)23-22(26(33)34-13-14-6-7-14)30-25(35-23)21(24(28)32)19-12-29-20-9-8-16(27)11-18(19)20/h3-5,8,10-12,14,21H,6-7,9,13H2,1-2H3,(H2,28,32). The number of oxazole rings is 1. The van der Waals surface area contributed by atoms with Crippen LogP contribution in [0.15, 0.2) is 69.0 Å². The van der Waals surface area contributed by atoms with Crippen LogP contribution in [0.2, 0.25) is 0 Å². The number of halogens is 1. The summed E-state index contributed by atoms with van der Waals surface area (Å²) >= 11 is 0. The van der Waals surface area contributed by atoms with E-state index in [0.29, 0.717) is 41.4 Å². The lowest BCUT2D eigenvalue weighted by Gasteiger charge is -2.16. The van der Waals surface area contributed by atoms with E-state index in [2.05, 4.69) is 9.98 Å². The number of hydrogen-bond donors (Lipinski definition) is 1. The molecule has 3 aliphatic rings. The first-order valence-corrected chi connectivity index (χ1v) is 11.4. The number of primary amides is 1. The summed E-state index contributed by atoms with van der Waals surface area (Å²) < 4.78 is 25.5. The molecule has 180 valence electrons. The lowest BCUT2D eigenvalue weighted by atomic mass is 9.88. The summed E-state index contributed by atoms with van der Waals surface area (Å²) in [5.74, 6) is -2.49. The molecule has 1 aromatic heterocycles. The quantitative estimate of drug-likeness (QED) is 0.575. The van der Waals surface area contributed by atoms with Crippen molar-refractivity contribution >= 4 is 23.3 Å². The van der Waals surface area contributed by atoms with Crippen LogP contribution in [0.3, 0.4) is 0 Å². The van der Waals surface area contributed by atoms with Crippen LogP contribution in [0.25, 0.3) is 11.3 Å². The fourth-order valence-corrected chi connectivity index (χ4v) is 4.08. The Morgan fingerprint density at radius 3 is 2.83 bits per heavy atom. The van der Waals surface area contributed by atoms with Gasteiger partial charge in [-0.05, 0) is 43.0 Å². The Bertz CT molecular complexity index is 1330. The minimum atomic E-state index is -1.16. The largest absolute Gasteiger partial charge is 0.461 e. The highest BCUT2D eigenvalue weighted by atomic mass is 19.1. The van der Waals surface area contributed by atoms with Gasteiger partial charge in [0.05, 0.1) is 12.3 Å². The number of carbonyl (C=O) groups is 2. The number of allylic oxidation sites excluding steroid dienone is 4. The molecule has 0 radical (unpaired) electrons. The minimum absolute atomic E-state index is 0.0359. The summed E-state index contributed by atoms with van der Waals surface area (Å²) in [6.45, 7) is 0.304. The third-order valence-electron chi connectivity index (χ3n) is 6.21. The van der Waals surface area contributed by atoms with E-state index in [1.165, 1.54) is 18.4 Å². The molecule has 35 heavy (non-hydrogen) atoms. The molecule has 2 aromatic rings. The van der Waals surface area contributed by atoms with Crippen molar-refractivity contribution in [2.45, 2.75) is 25.2 Å². The van der Waals surface area contributed by atoms with Crippen LogP contribution in [0.5, 0.6) is 0 Å². The van der Waals surface area contributed by atoms with Gasteiger partial charge in [-0.25, -0.2) is 14.2 Å². The summed E-state index contributed by atoms with van der Waals surface area (Å²) in [5.41, 5.74) is 8.68. The van der Waals surface area contributed by atoms with Gasteiger partial charge in [0, 0.05) is 49.1 Å². The Kier molecular flexibility index (Phi) is 5.84. The number of anilines is 1. The molecule has 1 aromatic carbocycles. The Labute approximate surface area is 201 Å². The van der Waals surface area contributed by atoms with Crippen molar-refractivity contribution in [1.29, 1.82) is 0 Å². The predicted octanol–water partition coefficient (Wildman–Crippen LogP) is 4.07. The summed E-state index contributed by atoms with van der Waals surface area (Å²) in [7, 11) is 3.79. The molecule has 2 N–H and O–H groups in total. The van der Waals surface area contributed by atoms with Gasteiger partial charge in [0.25, 0.3) is 0 Å². The summed E-state index contributed by atoms with van der Waals surface area (Å²) in [6, 6.07) is 7.38. The first-order chi connectivity index (χ1) is 16.8. The molecule has 2 aliphatic carbocycles. The van der Waals surface area contributed by atoms with E-state index in [4.69, 9.17) is 14.9 Å². The number of carbonyl (C=O) groups excluding carboxylic acids is 2. The van der Waals surface area contributed by atoms with Crippen molar-refractivity contribution in [1.82, 2.24) is 4.98 Å². The monoisotopic (exact) mass is 476 g/mol. The van der Waals surface area contributed by atoms with E-state index in [0.717, 1.165) is 18.5 Å². The maximum Gasteiger partial charge on any atom is 0.361 e. The molecular formula is C26H25FN4O4. The minimum Gasteiger partial charge on any atom is -0.461 e. The maximum absolute atomic E-state index is 14.0. The number of fused-ring (bicyclic) bond motifs is 1. The van der Waals surface area contributed by atoms with Crippen LogP contribution in [0, 0.1) is 5.92 Å². The molecule has 1 atom stereocenters. The average molecular weight is 477 g/mol. The molecular weight excluding hydrogens is 451 g/mol. The van der Waals surface area contributed by atoms with Crippen LogP contribution in [0.1, 0.15) is 41.6 Å². The van der Waals surface area contributed by atoms with Crippen LogP contribution in [-0.4, -0.2) is 43.3 Å². The summed E-state index contributed by atoms with van der Waals surface area (Å²) in [4.78, 5) is 36.2. The van der Waals surface area contributed by atoms with Gasteiger partial charge < -0.3 is 19.8 Å². The Morgan fingerprint density at radius 2 is 2.11 bits per heavy atom. The highest BCUT2D eigenvalue weighted by Gasteiger charge is 2.37. The van der Waals surface area contributed by atoms with Gasteiger partial charge in [-0.2, -0.15) is 0 Å². The van der Waals surface area contributed by atoms with Crippen LogP contribution < -0.4 is 10.6 Å². The molecule has 1 aliphatic heterocycles. The number of nitrogens with zero attached hydrogens (tertiary/aromatic N) is 3. The van der Waals surface area contributed by atoms with E-state index in [9.17, 15) is 14.0 Å². The fraction of sp³-hybridized carbons (Fsp3) is 0.308. The van der Waals surface area contributed by atoms with Crippen LogP contribution >= 0.6 is 0 Å². The molecule has 1 fully saturated rings. The Hall–Kier alpha value is -4.01. The van der Waals surface area contributed by atoms with Crippen molar-refractivity contribution in [3.05, 3.63) is 71.2 Å². The number of amides is 1. The molecule has 1 amide bonds. The number of ether oxygens (including phenoxy) is 1. The number of benzene rings is 1. The Morgan fingerprint density at radius 1 is 1.31 bits per heavy atom. The van der Waals surface area contributed by atoms with E-state index < -0.39 is 23.6 Å². The predicted molar refractivity (Wildman–Crippen MR) is 129 cm³/mol. The van der Waals surface area contributed by atoms with Gasteiger partial charge >= 0.3 is 5.97 Å². The topological polar surface area (TPSA) is 111 Å². The highest BCUT2D eigenvalue weighted by molar-refractivity contribution is 6.10. The second kappa shape index (κ2) is 8.98. The number of hydrogen-bond acceptors (Lipinski definition) is 7. The molecule has 0 spiro atoms. The normalized spacial score (nSPS) is 17.6. The van der Waals surface area contributed by atoms with Gasteiger partial charge in [-0.15, -0.1) is 0 Å². The van der Waals surface area contributed by atoms with E-state index in [1.54, 1.807) is 6.07 Å². The zero-order chi connectivity index (χ0) is 24.7. The second-order valence-electron chi connectivity index (χ2n) is 9.06. The third kappa shape index (κ3) is 4.53. The van der Waals surface area contributed by atoms with E-state index >= 15 is 0 Å². The molecule has 1 saturated carbocycles. The van der Waals surface area contributed by atoms with Gasteiger partial charge in [-0.3, -0.25) is 9.79 Å². The lowest BCUT2D eigenvalue weighted by Crippen LogP contribution is -2.25.